The Kier molecular flexibility index (Phi) is 5.15. The Labute approximate surface area is 173 Å². The molecule has 0 unspecified atom stereocenters. The molecule has 0 spiro atoms. The number of carbonyl (C=O) groups excluding carboxylic acids is 1. The first-order valence-electron chi connectivity index (χ1n) is 9.02. The van der Waals surface area contributed by atoms with E-state index in [9.17, 15) is 4.79 Å². The van der Waals surface area contributed by atoms with Crippen molar-refractivity contribution >= 4 is 40.3 Å². The monoisotopic (exact) mass is 405 g/mol. The lowest BCUT2D eigenvalue weighted by Crippen LogP contribution is -2.34. The van der Waals surface area contributed by atoms with Gasteiger partial charge in [-0.25, -0.2) is 4.68 Å². The van der Waals surface area contributed by atoms with E-state index in [0.29, 0.717) is 9.23 Å². The van der Waals surface area contributed by atoms with Gasteiger partial charge in [-0.05, 0) is 32.1 Å². The first-order valence-corrected chi connectivity index (χ1v) is 10.2. The maximum atomic E-state index is 12.8. The van der Waals surface area contributed by atoms with E-state index in [2.05, 4.69) is 0 Å². The van der Waals surface area contributed by atoms with E-state index in [-0.39, 0.29) is 11.9 Å². The van der Waals surface area contributed by atoms with Gasteiger partial charge < -0.3 is 0 Å². The predicted octanol–water partition coefficient (Wildman–Crippen LogP) is 5.15. The molecule has 1 saturated heterocycles. The van der Waals surface area contributed by atoms with Crippen LogP contribution in [-0.4, -0.2) is 30.9 Å². The van der Waals surface area contributed by atoms with Crippen molar-refractivity contribution in [1.82, 2.24) is 14.7 Å². The van der Waals surface area contributed by atoms with Crippen molar-refractivity contribution in [2.75, 3.05) is 0 Å². The molecule has 1 aromatic heterocycles. The van der Waals surface area contributed by atoms with Crippen molar-refractivity contribution in [2.24, 2.45) is 0 Å². The van der Waals surface area contributed by atoms with E-state index >= 15 is 0 Å². The second kappa shape index (κ2) is 7.73. The largest absolute Gasteiger partial charge is 0.290 e. The Morgan fingerprint density at radius 3 is 2.29 bits per heavy atom. The molecule has 1 aliphatic rings. The minimum Gasteiger partial charge on any atom is -0.290 e. The van der Waals surface area contributed by atoms with Crippen LogP contribution < -0.4 is 0 Å². The molecule has 0 saturated carbocycles. The fourth-order valence-corrected chi connectivity index (χ4v) is 4.61. The number of thiocarbonyl (C=S) groups is 1. The Morgan fingerprint density at radius 2 is 1.68 bits per heavy atom. The van der Waals surface area contributed by atoms with Crippen LogP contribution in [0.2, 0.25) is 0 Å². The van der Waals surface area contributed by atoms with Crippen LogP contribution in [0, 0.1) is 0 Å². The fourth-order valence-electron chi connectivity index (χ4n) is 3.09. The van der Waals surface area contributed by atoms with Gasteiger partial charge in [0.1, 0.15) is 4.32 Å². The summed E-state index contributed by atoms with van der Waals surface area (Å²) in [7, 11) is 0. The lowest BCUT2D eigenvalue weighted by atomic mass is 10.1. The first-order chi connectivity index (χ1) is 13.5. The highest BCUT2D eigenvalue weighted by Crippen LogP contribution is 2.35. The van der Waals surface area contributed by atoms with Crippen molar-refractivity contribution < 1.29 is 4.79 Å². The van der Waals surface area contributed by atoms with E-state index in [4.69, 9.17) is 17.3 Å². The summed E-state index contributed by atoms with van der Waals surface area (Å²) in [6, 6.07) is 20.0. The second-order valence-corrected chi connectivity index (χ2v) is 8.40. The van der Waals surface area contributed by atoms with Gasteiger partial charge in [0.2, 0.25) is 0 Å². The molecule has 140 valence electrons. The number of para-hydroxylation sites is 1. The Hall–Kier alpha value is -2.70. The number of benzene rings is 2. The van der Waals surface area contributed by atoms with Crippen molar-refractivity contribution in [1.29, 1.82) is 0 Å². The summed E-state index contributed by atoms with van der Waals surface area (Å²) < 4.78 is 2.44. The summed E-state index contributed by atoms with van der Waals surface area (Å²) in [4.78, 5) is 15.1. The lowest BCUT2D eigenvalue weighted by molar-refractivity contribution is -0.123. The SMILES string of the molecule is CC(C)N1C(=O)/C(=C\c2cn(-c3ccccc3)nc2-c2ccccc2)SC1=S. The van der Waals surface area contributed by atoms with Crippen LogP contribution in [0.4, 0.5) is 0 Å². The van der Waals surface area contributed by atoms with Gasteiger partial charge in [-0.2, -0.15) is 5.10 Å². The molecule has 1 amide bonds. The molecule has 4 rings (SSSR count). The molecule has 1 fully saturated rings. The van der Waals surface area contributed by atoms with Crippen LogP contribution in [0.3, 0.4) is 0 Å². The number of carbonyl (C=O) groups is 1. The molecular formula is C22H19N3OS2. The maximum Gasteiger partial charge on any atom is 0.266 e. The highest BCUT2D eigenvalue weighted by molar-refractivity contribution is 8.26. The lowest BCUT2D eigenvalue weighted by Gasteiger charge is -2.18. The third-order valence-corrected chi connectivity index (χ3v) is 5.77. The summed E-state index contributed by atoms with van der Waals surface area (Å²) in [6.07, 6.45) is 3.86. The van der Waals surface area contributed by atoms with Gasteiger partial charge in [0.25, 0.3) is 5.91 Å². The minimum atomic E-state index is -0.0449. The standard InChI is InChI=1S/C22H19N3OS2/c1-15(2)25-21(26)19(28-22(25)27)13-17-14-24(18-11-7-4-8-12-18)23-20(17)16-9-5-3-6-10-16/h3-15H,1-2H3/b19-13+. The molecule has 0 N–H and O–H groups in total. The molecule has 0 radical (unpaired) electrons. The third-order valence-electron chi connectivity index (χ3n) is 4.44. The summed E-state index contributed by atoms with van der Waals surface area (Å²) in [6.45, 7) is 3.94. The van der Waals surface area contributed by atoms with Crippen molar-refractivity contribution in [3.8, 4) is 16.9 Å². The van der Waals surface area contributed by atoms with Crippen LogP contribution in [0.15, 0.2) is 71.8 Å². The van der Waals surface area contributed by atoms with Crippen molar-refractivity contribution in [2.45, 2.75) is 19.9 Å². The van der Waals surface area contributed by atoms with Crippen LogP contribution in [0.5, 0.6) is 0 Å². The molecule has 3 aromatic rings. The van der Waals surface area contributed by atoms with E-state index in [1.165, 1.54) is 11.8 Å². The number of hydrogen-bond acceptors (Lipinski definition) is 4. The molecular weight excluding hydrogens is 386 g/mol. The van der Waals surface area contributed by atoms with Crippen molar-refractivity contribution in [3.63, 3.8) is 0 Å². The van der Waals surface area contributed by atoms with E-state index < -0.39 is 0 Å². The molecule has 0 atom stereocenters. The van der Waals surface area contributed by atoms with Crippen LogP contribution >= 0.6 is 24.0 Å². The highest BCUT2D eigenvalue weighted by atomic mass is 32.2. The predicted molar refractivity (Wildman–Crippen MR) is 119 cm³/mol. The highest BCUT2D eigenvalue weighted by Gasteiger charge is 2.34. The van der Waals surface area contributed by atoms with Gasteiger partial charge >= 0.3 is 0 Å². The zero-order valence-corrected chi connectivity index (χ0v) is 17.2. The summed E-state index contributed by atoms with van der Waals surface area (Å²) in [5.74, 6) is -0.0449. The number of thioether (sulfide) groups is 1. The van der Waals surface area contributed by atoms with Gasteiger partial charge in [0, 0.05) is 23.4 Å². The third kappa shape index (κ3) is 3.53. The van der Waals surface area contributed by atoms with Crippen LogP contribution in [0.1, 0.15) is 19.4 Å². The fraction of sp³-hybridized carbons (Fsp3) is 0.136. The molecule has 0 bridgehead atoms. The van der Waals surface area contributed by atoms with Gasteiger partial charge in [0.05, 0.1) is 16.3 Å². The van der Waals surface area contributed by atoms with Gasteiger partial charge in [-0.15, -0.1) is 0 Å². The average molecular weight is 406 g/mol. The van der Waals surface area contributed by atoms with Gasteiger partial charge in [-0.3, -0.25) is 9.69 Å². The molecule has 1 aliphatic heterocycles. The van der Waals surface area contributed by atoms with Crippen LogP contribution in [0.25, 0.3) is 23.0 Å². The summed E-state index contributed by atoms with van der Waals surface area (Å²) in [5, 5.41) is 4.80. The van der Waals surface area contributed by atoms with Gasteiger partial charge in [-0.1, -0.05) is 72.5 Å². The summed E-state index contributed by atoms with van der Waals surface area (Å²) in [5.41, 5.74) is 3.69. The van der Waals surface area contributed by atoms with E-state index in [1.807, 2.05) is 91.5 Å². The topological polar surface area (TPSA) is 38.1 Å². The summed E-state index contributed by atoms with van der Waals surface area (Å²) >= 11 is 6.75. The normalized spacial score (nSPS) is 15.8. The quantitative estimate of drug-likeness (QED) is 0.444. The Morgan fingerprint density at radius 1 is 1.04 bits per heavy atom. The average Bonchev–Trinajstić information content (AvgIpc) is 3.24. The number of rotatable bonds is 4. The zero-order chi connectivity index (χ0) is 19.7. The smallest absolute Gasteiger partial charge is 0.266 e. The van der Waals surface area contributed by atoms with Crippen molar-refractivity contribution in [3.05, 3.63) is 77.3 Å². The number of aromatic nitrogens is 2. The maximum absolute atomic E-state index is 12.8. The Balaban J connectivity index is 1.81. The van der Waals surface area contributed by atoms with E-state index in [0.717, 1.165) is 22.5 Å². The second-order valence-electron chi connectivity index (χ2n) is 6.72. The van der Waals surface area contributed by atoms with Crippen LogP contribution in [-0.2, 0) is 4.79 Å². The van der Waals surface area contributed by atoms with Gasteiger partial charge in [0.15, 0.2) is 0 Å². The molecule has 4 nitrogen and oxygen atoms in total. The number of nitrogens with zero attached hydrogens (tertiary/aromatic N) is 3. The molecule has 0 aliphatic carbocycles. The molecule has 2 aromatic carbocycles. The zero-order valence-electron chi connectivity index (χ0n) is 15.6. The molecule has 6 heteroatoms. The number of amides is 1. The first kappa shape index (κ1) is 18.7. The Bertz CT molecular complexity index is 1060. The molecule has 28 heavy (non-hydrogen) atoms. The molecule has 2 heterocycles. The van der Waals surface area contributed by atoms with E-state index in [1.54, 1.807) is 4.90 Å². The number of hydrogen-bond donors (Lipinski definition) is 0. The minimum absolute atomic E-state index is 0.0408.